The Morgan fingerprint density at radius 2 is 2.12 bits per heavy atom. The van der Waals surface area contributed by atoms with Gasteiger partial charge < -0.3 is 10.2 Å². The predicted octanol–water partition coefficient (Wildman–Crippen LogP) is 1.40. The molecule has 1 N–H and O–H groups in total. The molecule has 0 saturated heterocycles. The minimum atomic E-state index is 0.997. The summed E-state index contributed by atoms with van der Waals surface area (Å²) in [5.74, 6) is 1.13. The van der Waals surface area contributed by atoms with E-state index in [1.807, 2.05) is 0 Å². The number of rotatable bonds is 5. The molecule has 0 unspecified atom stereocenters. The van der Waals surface area contributed by atoms with Crippen LogP contribution in [0.1, 0.15) is 31.0 Å². The standard InChI is InChI=1S/C13H22N4/c1-3-14-8-9-17(2)13-11-6-4-5-7-12(11)15-10-16-13/h10,14H,3-9H2,1-2H3. The third-order valence-corrected chi connectivity index (χ3v) is 3.34. The SMILES string of the molecule is CCNCCN(C)c1ncnc2c1CCCC2. The molecule has 1 aromatic rings. The highest BCUT2D eigenvalue weighted by Gasteiger charge is 2.17. The van der Waals surface area contributed by atoms with E-state index in [2.05, 4.69) is 34.2 Å². The number of aryl methyl sites for hydroxylation is 1. The third kappa shape index (κ3) is 2.94. The number of nitrogens with zero attached hydrogens (tertiary/aromatic N) is 3. The zero-order valence-corrected chi connectivity index (χ0v) is 10.9. The first-order chi connectivity index (χ1) is 8.33. The van der Waals surface area contributed by atoms with E-state index in [9.17, 15) is 0 Å². The van der Waals surface area contributed by atoms with Crippen molar-refractivity contribution >= 4 is 5.82 Å². The Hall–Kier alpha value is -1.16. The summed E-state index contributed by atoms with van der Waals surface area (Å²) in [5.41, 5.74) is 2.63. The molecule has 2 rings (SSSR count). The van der Waals surface area contributed by atoms with Crippen LogP contribution in [0.2, 0.25) is 0 Å². The van der Waals surface area contributed by atoms with E-state index in [-0.39, 0.29) is 0 Å². The topological polar surface area (TPSA) is 41.0 Å². The fourth-order valence-electron chi connectivity index (χ4n) is 2.36. The van der Waals surface area contributed by atoms with Gasteiger partial charge in [-0.25, -0.2) is 9.97 Å². The van der Waals surface area contributed by atoms with Crippen molar-refractivity contribution in [2.45, 2.75) is 32.6 Å². The van der Waals surface area contributed by atoms with Crippen LogP contribution in [0.4, 0.5) is 5.82 Å². The molecule has 1 aliphatic rings. The van der Waals surface area contributed by atoms with E-state index in [0.29, 0.717) is 0 Å². The van der Waals surface area contributed by atoms with Crippen molar-refractivity contribution in [3.05, 3.63) is 17.6 Å². The predicted molar refractivity (Wildman–Crippen MR) is 70.5 cm³/mol. The number of anilines is 1. The van der Waals surface area contributed by atoms with Gasteiger partial charge in [-0.2, -0.15) is 0 Å². The largest absolute Gasteiger partial charge is 0.358 e. The molecule has 0 aliphatic heterocycles. The smallest absolute Gasteiger partial charge is 0.135 e. The van der Waals surface area contributed by atoms with Gasteiger partial charge in [-0.05, 0) is 32.2 Å². The van der Waals surface area contributed by atoms with Gasteiger partial charge in [0.15, 0.2) is 0 Å². The van der Waals surface area contributed by atoms with E-state index < -0.39 is 0 Å². The van der Waals surface area contributed by atoms with Gasteiger partial charge in [0.2, 0.25) is 0 Å². The van der Waals surface area contributed by atoms with Crippen LogP contribution in [0.3, 0.4) is 0 Å². The van der Waals surface area contributed by atoms with Crippen LogP contribution >= 0.6 is 0 Å². The molecule has 94 valence electrons. The number of fused-ring (bicyclic) bond motifs is 1. The molecular weight excluding hydrogens is 212 g/mol. The number of hydrogen-bond acceptors (Lipinski definition) is 4. The average molecular weight is 234 g/mol. The fraction of sp³-hybridized carbons (Fsp3) is 0.692. The van der Waals surface area contributed by atoms with Gasteiger partial charge in [-0.1, -0.05) is 6.92 Å². The summed E-state index contributed by atoms with van der Waals surface area (Å²) in [7, 11) is 2.12. The summed E-state index contributed by atoms with van der Waals surface area (Å²) < 4.78 is 0. The van der Waals surface area contributed by atoms with Crippen LogP contribution in [0.15, 0.2) is 6.33 Å². The Labute approximate surface area is 103 Å². The van der Waals surface area contributed by atoms with E-state index in [0.717, 1.165) is 38.3 Å². The van der Waals surface area contributed by atoms with Crippen molar-refractivity contribution in [3.63, 3.8) is 0 Å². The summed E-state index contributed by atoms with van der Waals surface area (Å²) >= 11 is 0. The summed E-state index contributed by atoms with van der Waals surface area (Å²) in [5, 5.41) is 3.34. The van der Waals surface area contributed by atoms with Crippen molar-refractivity contribution < 1.29 is 0 Å². The maximum absolute atomic E-state index is 4.46. The van der Waals surface area contributed by atoms with Crippen LogP contribution in [0, 0.1) is 0 Å². The van der Waals surface area contributed by atoms with E-state index in [1.54, 1.807) is 6.33 Å². The average Bonchev–Trinajstić information content (AvgIpc) is 2.38. The second-order valence-electron chi connectivity index (χ2n) is 4.60. The van der Waals surface area contributed by atoms with Gasteiger partial charge >= 0.3 is 0 Å². The van der Waals surface area contributed by atoms with Crippen molar-refractivity contribution in [2.24, 2.45) is 0 Å². The van der Waals surface area contributed by atoms with Crippen molar-refractivity contribution in [1.29, 1.82) is 0 Å². The van der Waals surface area contributed by atoms with Crippen molar-refractivity contribution in [1.82, 2.24) is 15.3 Å². The molecule has 0 saturated carbocycles. The minimum Gasteiger partial charge on any atom is -0.358 e. The number of aromatic nitrogens is 2. The maximum atomic E-state index is 4.46. The molecule has 0 spiro atoms. The van der Waals surface area contributed by atoms with Crippen LogP contribution < -0.4 is 10.2 Å². The molecule has 17 heavy (non-hydrogen) atoms. The van der Waals surface area contributed by atoms with Crippen LogP contribution in [0.25, 0.3) is 0 Å². The molecule has 4 heteroatoms. The molecule has 0 bridgehead atoms. The highest BCUT2D eigenvalue weighted by Crippen LogP contribution is 2.26. The lowest BCUT2D eigenvalue weighted by Gasteiger charge is -2.24. The third-order valence-electron chi connectivity index (χ3n) is 3.34. The summed E-state index contributed by atoms with van der Waals surface area (Å²) in [4.78, 5) is 11.1. The molecule has 0 radical (unpaired) electrons. The van der Waals surface area contributed by atoms with E-state index in [4.69, 9.17) is 0 Å². The second-order valence-corrected chi connectivity index (χ2v) is 4.60. The van der Waals surface area contributed by atoms with Gasteiger partial charge in [-0.15, -0.1) is 0 Å². The molecular formula is C13H22N4. The molecule has 1 aromatic heterocycles. The Morgan fingerprint density at radius 1 is 1.29 bits per heavy atom. The summed E-state index contributed by atoms with van der Waals surface area (Å²) in [6.45, 7) is 5.16. The lowest BCUT2D eigenvalue weighted by molar-refractivity contribution is 0.652. The van der Waals surface area contributed by atoms with Crippen LogP contribution in [0.5, 0.6) is 0 Å². The number of likely N-dealkylation sites (N-methyl/N-ethyl adjacent to an activating group) is 2. The highest BCUT2D eigenvalue weighted by molar-refractivity contribution is 5.48. The fourth-order valence-corrected chi connectivity index (χ4v) is 2.36. The lowest BCUT2D eigenvalue weighted by Crippen LogP contribution is -2.30. The molecule has 4 nitrogen and oxygen atoms in total. The molecule has 0 amide bonds. The molecule has 1 heterocycles. The van der Waals surface area contributed by atoms with Crippen LogP contribution in [-0.2, 0) is 12.8 Å². The quantitative estimate of drug-likeness (QED) is 0.782. The monoisotopic (exact) mass is 234 g/mol. The van der Waals surface area contributed by atoms with Gasteiger partial charge in [0.1, 0.15) is 12.1 Å². The zero-order valence-electron chi connectivity index (χ0n) is 10.9. The zero-order chi connectivity index (χ0) is 12.1. The van der Waals surface area contributed by atoms with Gasteiger partial charge in [0.05, 0.1) is 0 Å². The normalized spacial score (nSPS) is 14.5. The van der Waals surface area contributed by atoms with E-state index >= 15 is 0 Å². The first kappa shape index (κ1) is 12.3. The number of nitrogens with one attached hydrogen (secondary N) is 1. The Morgan fingerprint density at radius 3 is 2.94 bits per heavy atom. The van der Waals surface area contributed by atoms with Gasteiger partial charge in [0, 0.05) is 31.4 Å². The van der Waals surface area contributed by atoms with Crippen molar-refractivity contribution in [3.8, 4) is 0 Å². The maximum Gasteiger partial charge on any atom is 0.135 e. The minimum absolute atomic E-state index is 0.997. The molecule has 0 aromatic carbocycles. The first-order valence-electron chi connectivity index (χ1n) is 6.57. The highest BCUT2D eigenvalue weighted by atomic mass is 15.2. The Balaban J connectivity index is 2.09. The first-order valence-corrected chi connectivity index (χ1v) is 6.57. The summed E-state index contributed by atoms with van der Waals surface area (Å²) in [6.07, 6.45) is 6.51. The van der Waals surface area contributed by atoms with Gasteiger partial charge in [0.25, 0.3) is 0 Å². The lowest BCUT2D eigenvalue weighted by atomic mass is 9.96. The molecule has 1 aliphatic carbocycles. The molecule has 0 atom stereocenters. The van der Waals surface area contributed by atoms with E-state index in [1.165, 1.54) is 24.1 Å². The number of hydrogen-bond donors (Lipinski definition) is 1. The van der Waals surface area contributed by atoms with Gasteiger partial charge in [-0.3, -0.25) is 0 Å². The Kier molecular flexibility index (Phi) is 4.31. The second kappa shape index (κ2) is 5.96. The van der Waals surface area contributed by atoms with Crippen molar-refractivity contribution in [2.75, 3.05) is 31.6 Å². The summed E-state index contributed by atoms with van der Waals surface area (Å²) in [6, 6.07) is 0. The molecule has 0 fully saturated rings. The Bertz CT molecular complexity index is 364. The van der Waals surface area contributed by atoms with Crippen LogP contribution in [-0.4, -0.2) is 36.6 Å².